The van der Waals surface area contributed by atoms with E-state index in [4.69, 9.17) is 19.6 Å². The van der Waals surface area contributed by atoms with Gasteiger partial charge >= 0.3 is 36.6 Å². The van der Waals surface area contributed by atoms with E-state index in [1.54, 1.807) is 0 Å². The molecule has 6 rings (SSSR count). The zero-order chi connectivity index (χ0) is 43.2. The second-order valence-corrected chi connectivity index (χ2v) is 13.6. The molecular weight excluding hydrogens is 844 g/mol. The maximum absolute atomic E-state index is 15.1. The third-order valence-electron chi connectivity index (χ3n) is 8.75. The fourth-order valence-electron chi connectivity index (χ4n) is 6.47. The number of carboxylic acids is 2. The summed E-state index contributed by atoms with van der Waals surface area (Å²) < 4.78 is 181. The van der Waals surface area contributed by atoms with Gasteiger partial charge in [-0.1, -0.05) is 23.9 Å². The van der Waals surface area contributed by atoms with Crippen molar-refractivity contribution in [2.24, 2.45) is 0 Å². The Morgan fingerprint density at radius 1 is 0.542 bits per heavy atom. The molecule has 8 nitrogen and oxygen atoms in total. The van der Waals surface area contributed by atoms with E-state index < -0.39 is 103 Å². The average Bonchev–Trinajstić information content (AvgIpc) is 3.13. The number of halogens is 12. The van der Waals surface area contributed by atoms with Gasteiger partial charge in [-0.3, -0.25) is 0 Å². The Morgan fingerprint density at radius 3 is 1.22 bits per heavy atom. The highest BCUT2D eigenvalue weighted by molar-refractivity contribution is 7.99. The molecule has 0 radical (unpaired) electrons. The summed E-state index contributed by atoms with van der Waals surface area (Å²) in [6.45, 7) is -0.173. The van der Waals surface area contributed by atoms with Gasteiger partial charge in [-0.2, -0.15) is 62.5 Å². The summed E-state index contributed by atoms with van der Waals surface area (Å²) >= 11 is -0.714. The number of hydrogen-bond donors (Lipinski definition) is 2. The molecule has 312 valence electrons. The smallest absolute Gasteiger partial charge is 0.418 e. The lowest BCUT2D eigenvalue weighted by Gasteiger charge is -2.27. The maximum Gasteiger partial charge on any atom is 0.418 e. The van der Waals surface area contributed by atoms with Gasteiger partial charge in [0.15, 0.2) is 11.5 Å². The van der Waals surface area contributed by atoms with Gasteiger partial charge < -0.3 is 20.0 Å². The van der Waals surface area contributed by atoms with Crippen LogP contribution in [0.5, 0.6) is 11.5 Å². The second-order valence-electron chi connectivity index (χ2n) is 12.6. The highest BCUT2D eigenvalue weighted by Gasteiger charge is 2.50. The first-order chi connectivity index (χ1) is 27.4. The number of fused-ring (bicyclic) bond motifs is 2. The predicted octanol–water partition coefficient (Wildman–Crippen LogP) is 11.2. The Bertz CT molecular complexity index is 2230. The van der Waals surface area contributed by atoms with Crippen LogP contribution in [0.25, 0.3) is 34.4 Å². The van der Waals surface area contributed by atoms with E-state index in [2.05, 4.69) is 0 Å². The number of carbonyl (C=O) groups is 2. The first-order valence-corrected chi connectivity index (χ1v) is 17.3. The molecule has 2 aliphatic heterocycles. The van der Waals surface area contributed by atoms with Crippen LogP contribution in [-0.4, -0.2) is 35.4 Å². The molecule has 0 aliphatic carbocycles. The molecule has 0 aromatic heterocycles. The quantitative estimate of drug-likeness (QED) is 0.102. The lowest BCUT2D eigenvalue weighted by Crippen LogP contribution is -2.22. The fourth-order valence-corrected chi connectivity index (χ4v) is 7.70. The van der Waals surface area contributed by atoms with Gasteiger partial charge in [0.1, 0.15) is 0 Å². The molecule has 4 aromatic carbocycles. The van der Waals surface area contributed by atoms with Crippen LogP contribution in [0.3, 0.4) is 0 Å². The number of rotatable bonds is 8. The van der Waals surface area contributed by atoms with Crippen LogP contribution in [-0.2, 0) is 56.9 Å². The highest BCUT2D eigenvalue weighted by atomic mass is 32.2. The molecule has 59 heavy (non-hydrogen) atoms. The van der Waals surface area contributed by atoms with Gasteiger partial charge in [0, 0.05) is 45.9 Å². The molecular formula is C38H22F12O8S. The van der Waals surface area contributed by atoms with Crippen molar-refractivity contribution < 1.29 is 92.0 Å². The lowest BCUT2D eigenvalue weighted by atomic mass is 9.89. The van der Waals surface area contributed by atoms with E-state index in [-0.39, 0.29) is 84.1 Å². The first kappa shape index (κ1) is 42.9. The molecule has 0 unspecified atom stereocenters. The summed E-state index contributed by atoms with van der Waals surface area (Å²) in [7, 11) is 0. The summed E-state index contributed by atoms with van der Waals surface area (Å²) in [5.74, 6) is -3.71. The maximum atomic E-state index is 15.1. The summed E-state index contributed by atoms with van der Waals surface area (Å²) in [6, 6.07) is 7.42. The van der Waals surface area contributed by atoms with Gasteiger partial charge in [-0.15, -0.1) is 0 Å². The second kappa shape index (κ2) is 15.8. The van der Waals surface area contributed by atoms with Crippen molar-refractivity contribution in [3.8, 4) is 33.8 Å². The van der Waals surface area contributed by atoms with Crippen LogP contribution in [0.4, 0.5) is 52.7 Å². The van der Waals surface area contributed by atoms with Gasteiger partial charge in [-0.25, -0.2) is 9.59 Å². The zero-order valence-electron chi connectivity index (χ0n) is 29.0. The molecule has 0 saturated heterocycles. The van der Waals surface area contributed by atoms with Gasteiger partial charge in [-0.05, 0) is 81.9 Å². The SMILES string of the molecule is O=C(O)C=Cc1c(-c2ccc3c(c2)CCOO3)cc(Sc2cc(-c3ccc4c(c3)CCOO4)c(C=CC(=O)O)c(C(F)(F)F)c2C(F)(F)F)c(C(F)(F)F)c1C(F)(F)F. The van der Waals surface area contributed by atoms with Crippen LogP contribution >= 0.6 is 11.8 Å². The third-order valence-corrected chi connectivity index (χ3v) is 9.84. The minimum absolute atomic E-state index is 0.0421. The van der Waals surface area contributed by atoms with E-state index >= 15 is 52.7 Å². The summed E-state index contributed by atoms with van der Waals surface area (Å²) in [6.07, 6.45) is -23.5. The molecule has 0 saturated carbocycles. The molecule has 4 aromatic rings. The van der Waals surface area contributed by atoms with Crippen LogP contribution in [0, 0.1) is 0 Å². The molecule has 2 N–H and O–H groups in total. The Labute approximate surface area is 327 Å². The first-order valence-electron chi connectivity index (χ1n) is 16.5. The van der Waals surface area contributed by atoms with Crippen molar-refractivity contribution >= 4 is 35.9 Å². The van der Waals surface area contributed by atoms with Crippen LogP contribution in [0.1, 0.15) is 44.5 Å². The standard InChI is InChI=1S/C38H22F12O8S/c39-35(40,41)31-21(3-7-29(51)52)23(17-1-5-25-19(13-17)9-11-55-57-25)15-27(33(31)37(45,46)47)59-28-16-24(18-2-6-26-20(14-18)10-12-56-58-26)22(4-8-30(53)54)32(36(42,43)44)34(28)38(48,49)50/h1-8,13-16H,9-12H2,(H,51,52)(H,53,54). The van der Waals surface area contributed by atoms with E-state index in [1.807, 2.05) is 0 Å². The Kier molecular flexibility index (Phi) is 11.5. The molecule has 21 heteroatoms. The monoisotopic (exact) mass is 866 g/mol. The predicted molar refractivity (Wildman–Crippen MR) is 182 cm³/mol. The van der Waals surface area contributed by atoms with Crippen molar-refractivity contribution in [3.63, 3.8) is 0 Å². The van der Waals surface area contributed by atoms with Crippen LogP contribution < -0.4 is 9.78 Å². The van der Waals surface area contributed by atoms with Crippen molar-refractivity contribution in [1.82, 2.24) is 0 Å². The molecule has 2 heterocycles. The van der Waals surface area contributed by atoms with Crippen molar-refractivity contribution in [2.75, 3.05) is 13.2 Å². The van der Waals surface area contributed by atoms with Gasteiger partial charge in [0.25, 0.3) is 0 Å². The zero-order valence-corrected chi connectivity index (χ0v) is 29.9. The number of hydrogen-bond acceptors (Lipinski definition) is 7. The number of aliphatic carboxylic acids is 2. The largest absolute Gasteiger partial charge is 0.478 e. The number of benzene rings is 4. The lowest BCUT2D eigenvalue weighted by molar-refractivity contribution is -0.215. The fraction of sp³-hybridized carbons (Fsp3) is 0.211. The molecule has 0 atom stereocenters. The van der Waals surface area contributed by atoms with Crippen LogP contribution in [0.2, 0.25) is 0 Å². The Hall–Kier alpha value is -5.67. The molecule has 0 amide bonds. The van der Waals surface area contributed by atoms with E-state index in [1.165, 1.54) is 0 Å². The molecule has 2 aliphatic rings. The third kappa shape index (κ3) is 9.15. The van der Waals surface area contributed by atoms with Gasteiger partial charge in [0.05, 0.1) is 35.5 Å². The summed E-state index contributed by atoms with van der Waals surface area (Å²) in [5, 5.41) is 18.5. The number of alkyl halides is 12. The van der Waals surface area contributed by atoms with Gasteiger partial charge in [0.2, 0.25) is 0 Å². The minimum Gasteiger partial charge on any atom is -0.478 e. The minimum atomic E-state index is -6.09. The Balaban J connectivity index is 1.77. The van der Waals surface area contributed by atoms with E-state index in [9.17, 15) is 19.8 Å². The Morgan fingerprint density at radius 2 is 0.898 bits per heavy atom. The van der Waals surface area contributed by atoms with Crippen LogP contribution in [0.15, 0.2) is 70.5 Å². The van der Waals surface area contributed by atoms with Crippen molar-refractivity contribution in [3.05, 3.63) is 105 Å². The van der Waals surface area contributed by atoms with E-state index in [0.29, 0.717) is 12.1 Å². The summed E-state index contributed by atoms with van der Waals surface area (Å²) in [4.78, 5) is 39.3. The normalized spacial score (nSPS) is 14.8. The molecule has 0 bridgehead atoms. The average molecular weight is 867 g/mol. The highest BCUT2D eigenvalue weighted by Crippen LogP contribution is 2.55. The van der Waals surface area contributed by atoms with E-state index in [0.717, 1.165) is 36.4 Å². The number of carboxylic acid groups (broad SMARTS) is 2. The van der Waals surface area contributed by atoms with Crippen molar-refractivity contribution in [1.29, 1.82) is 0 Å². The topological polar surface area (TPSA) is 112 Å². The van der Waals surface area contributed by atoms with Crippen molar-refractivity contribution in [2.45, 2.75) is 47.3 Å². The summed E-state index contributed by atoms with van der Waals surface area (Å²) in [5.41, 5.74) is -14.9. The molecule has 0 fully saturated rings. The molecule has 0 spiro atoms.